The van der Waals surface area contributed by atoms with Crippen molar-refractivity contribution in [3.63, 3.8) is 0 Å². The second-order valence-electron chi connectivity index (χ2n) is 4.67. The lowest BCUT2D eigenvalue weighted by Gasteiger charge is -2.15. The maximum Gasteiger partial charge on any atom is 0.107 e. The highest BCUT2D eigenvalue weighted by atomic mass is 79.9. The van der Waals surface area contributed by atoms with Gasteiger partial charge in [-0.25, -0.2) is 0 Å². The summed E-state index contributed by atoms with van der Waals surface area (Å²) in [5, 5.41) is 10.7. The van der Waals surface area contributed by atoms with E-state index in [0.29, 0.717) is 0 Å². The Morgan fingerprint density at radius 1 is 1.47 bits per heavy atom. The predicted molar refractivity (Wildman–Crippen MR) is 83.5 cm³/mol. The van der Waals surface area contributed by atoms with Crippen LogP contribution >= 0.6 is 27.7 Å². The highest BCUT2D eigenvalue weighted by Gasteiger charge is 2.15. The van der Waals surface area contributed by atoms with Crippen molar-refractivity contribution < 1.29 is 0 Å². The Morgan fingerprint density at radius 3 is 3.21 bits per heavy atom. The predicted octanol–water partition coefficient (Wildman–Crippen LogP) is 3.60. The highest BCUT2D eigenvalue weighted by molar-refractivity contribution is 9.10. The van der Waals surface area contributed by atoms with Crippen LogP contribution in [0.1, 0.15) is 17.7 Å². The molecule has 0 unspecified atom stereocenters. The van der Waals surface area contributed by atoms with Crippen molar-refractivity contribution in [2.45, 2.75) is 24.3 Å². The number of halogens is 1. The van der Waals surface area contributed by atoms with Crippen LogP contribution in [0.4, 0.5) is 0 Å². The first-order chi connectivity index (χ1) is 9.29. The molecule has 5 heteroatoms. The summed E-state index contributed by atoms with van der Waals surface area (Å²) in [4.78, 5) is 1.43. The number of rotatable bonds is 3. The van der Waals surface area contributed by atoms with Crippen molar-refractivity contribution in [2.75, 3.05) is 12.8 Å². The van der Waals surface area contributed by atoms with Crippen molar-refractivity contribution in [2.24, 2.45) is 0 Å². The number of thioether (sulfide) groups is 1. The van der Waals surface area contributed by atoms with Crippen molar-refractivity contribution in [3.8, 4) is 11.3 Å². The van der Waals surface area contributed by atoms with Gasteiger partial charge in [0.05, 0.1) is 10.2 Å². The van der Waals surface area contributed by atoms with Crippen LogP contribution in [-0.2, 0) is 13.0 Å². The molecule has 0 atom stereocenters. The van der Waals surface area contributed by atoms with Gasteiger partial charge in [0.1, 0.15) is 5.69 Å². The lowest BCUT2D eigenvalue weighted by molar-refractivity contribution is 0.781. The number of nitrogens with zero attached hydrogens (tertiary/aromatic N) is 1. The molecule has 0 bridgehead atoms. The first-order valence-corrected chi connectivity index (χ1v) is 8.21. The first kappa shape index (κ1) is 13.2. The van der Waals surface area contributed by atoms with E-state index in [1.807, 2.05) is 18.8 Å². The Bertz CT molecular complexity index is 594. The van der Waals surface area contributed by atoms with Crippen molar-refractivity contribution in [3.05, 3.63) is 33.9 Å². The van der Waals surface area contributed by atoms with Crippen molar-refractivity contribution in [1.82, 2.24) is 15.5 Å². The fourth-order valence-electron chi connectivity index (χ4n) is 2.36. The average Bonchev–Trinajstić information content (AvgIpc) is 2.80. The molecule has 3 rings (SSSR count). The standard InChI is InChI=1S/C14H16BrN3S/c1-16-8-11-13(15)14(18-17-11)10-4-5-12-9(7-10)3-2-6-19-12/h4-5,7,16H,2-3,6,8H2,1H3,(H,17,18). The summed E-state index contributed by atoms with van der Waals surface area (Å²) in [6.45, 7) is 0.786. The fourth-order valence-corrected chi connectivity index (χ4v) is 3.92. The zero-order valence-electron chi connectivity index (χ0n) is 10.8. The first-order valence-electron chi connectivity index (χ1n) is 6.43. The van der Waals surface area contributed by atoms with Crippen LogP contribution in [0.15, 0.2) is 27.6 Å². The molecule has 1 aromatic heterocycles. The summed E-state index contributed by atoms with van der Waals surface area (Å²) in [6, 6.07) is 6.68. The van der Waals surface area contributed by atoms with E-state index in [2.05, 4.69) is 49.6 Å². The molecule has 0 amide bonds. The molecule has 0 spiro atoms. The maximum absolute atomic E-state index is 4.43. The van der Waals surface area contributed by atoms with Gasteiger partial charge in [0, 0.05) is 17.0 Å². The Kier molecular flexibility index (Phi) is 3.96. The summed E-state index contributed by atoms with van der Waals surface area (Å²) in [5.41, 5.74) is 4.73. The zero-order chi connectivity index (χ0) is 13.2. The number of H-pyrrole nitrogens is 1. The van der Waals surface area contributed by atoms with E-state index >= 15 is 0 Å². The Balaban J connectivity index is 1.98. The third-order valence-corrected chi connectivity index (χ3v) is 5.37. The lowest BCUT2D eigenvalue weighted by Crippen LogP contribution is -2.05. The molecule has 0 aliphatic carbocycles. The molecule has 0 saturated heterocycles. The normalized spacial score (nSPS) is 14.4. The molecule has 2 heterocycles. The van der Waals surface area contributed by atoms with Gasteiger partial charge in [0.15, 0.2) is 0 Å². The van der Waals surface area contributed by atoms with Gasteiger partial charge < -0.3 is 5.32 Å². The van der Waals surface area contributed by atoms with E-state index in [1.54, 1.807) is 0 Å². The summed E-state index contributed by atoms with van der Waals surface area (Å²) in [5.74, 6) is 1.24. The monoisotopic (exact) mass is 337 g/mol. The van der Waals surface area contributed by atoms with Crippen LogP contribution in [0.2, 0.25) is 0 Å². The number of aromatic amines is 1. The molecular weight excluding hydrogens is 322 g/mol. The topological polar surface area (TPSA) is 40.7 Å². The van der Waals surface area contributed by atoms with Gasteiger partial charge in [-0.05, 0) is 59.3 Å². The van der Waals surface area contributed by atoms with E-state index in [9.17, 15) is 0 Å². The Labute approximate surface area is 125 Å². The summed E-state index contributed by atoms with van der Waals surface area (Å²) in [6.07, 6.45) is 2.45. The lowest BCUT2D eigenvalue weighted by atomic mass is 10.0. The van der Waals surface area contributed by atoms with Gasteiger partial charge in [0.2, 0.25) is 0 Å². The van der Waals surface area contributed by atoms with Gasteiger partial charge in [-0.15, -0.1) is 11.8 Å². The number of aromatic nitrogens is 2. The molecule has 1 aliphatic rings. The van der Waals surface area contributed by atoms with Gasteiger partial charge in [0.25, 0.3) is 0 Å². The van der Waals surface area contributed by atoms with Crippen LogP contribution in [0.3, 0.4) is 0 Å². The van der Waals surface area contributed by atoms with Crippen LogP contribution in [-0.4, -0.2) is 23.0 Å². The van der Waals surface area contributed by atoms with E-state index in [-0.39, 0.29) is 0 Å². The van der Waals surface area contributed by atoms with E-state index in [0.717, 1.165) is 22.4 Å². The number of nitrogens with one attached hydrogen (secondary N) is 2. The minimum absolute atomic E-state index is 0.786. The smallest absolute Gasteiger partial charge is 0.107 e. The highest BCUT2D eigenvalue weighted by Crippen LogP contribution is 2.35. The number of benzene rings is 1. The van der Waals surface area contributed by atoms with Gasteiger partial charge in [-0.2, -0.15) is 5.10 Å². The Morgan fingerprint density at radius 2 is 2.37 bits per heavy atom. The van der Waals surface area contributed by atoms with E-state index in [1.165, 1.54) is 34.6 Å². The summed E-state index contributed by atoms with van der Waals surface area (Å²) >= 11 is 5.61. The molecule has 19 heavy (non-hydrogen) atoms. The molecule has 0 fully saturated rings. The molecule has 2 aromatic rings. The molecule has 0 radical (unpaired) electrons. The number of hydrogen-bond donors (Lipinski definition) is 2. The van der Waals surface area contributed by atoms with E-state index < -0.39 is 0 Å². The summed E-state index contributed by atoms with van der Waals surface area (Å²) in [7, 11) is 1.93. The van der Waals surface area contributed by atoms with Crippen LogP contribution in [0.25, 0.3) is 11.3 Å². The average molecular weight is 338 g/mol. The Hall–Kier alpha value is -0.780. The molecule has 2 N–H and O–H groups in total. The summed E-state index contributed by atoms with van der Waals surface area (Å²) < 4.78 is 1.06. The van der Waals surface area contributed by atoms with E-state index in [4.69, 9.17) is 0 Å². The molecule has 3 nitrogen and oxygen atoms in total. The largest absolute Gasteiger partial charge is 0.314 e. The van der Waals surface area contributed by atoms with Crippen LogP contribution in [0.5, 0.6) is 0 Å². The van der Waals surface area contributed by atoms with Crippen LogP contribution < -0.4 is 5.32 Å². The molecule has 100 valence electrons. The minimum atomic E-state index is 0.786. The maximum atomic E-state index is 4.43. The fraction of sp³-hybridized carbons (Fsp3) is 0.357. The molecule has 1 aliphatic heterocycles. The van der Waals surface area contributed by atoms with Gasteiger partial charge in [-0.1, -0.05) is 6.07 Å². The molecule has 1 aromatic carbocycles. The third-order valence-electron chi connectivity index (χ3n) is 3.31. The quantitative estimate of drug-likeness (QED) is 0.898. The zero-order valence-corrected chi connectivity index (χ0v) is 13.2. The molecule has 0 saturated carbocycles. The second-order valence-corrected chi connectivity index (χ2v) is 6.60. The number of fused-ring (bicyclic) bond motifs is 1. The van der Waals surface area contributed by atoms with Gasteiger partial charge >= 0.3 is 0 Å². The number of aryl methyl sites for hydroxylation is 1. The van der Waals surface area contributed by atoms with Gasteiger partial charge in [-0.3, -0.25) is 5.10 Å². The SMILES string of the molecule is CNCc1[nH]nc(-c2ccc3c(c2)CCCS3)c1Br. The van der Waals surface area contributed by atoms with Crippen molar-refractivity contribution >= 4 is 27.7 Å². The van der Waals surface area contributed by atoms with Crippen LogP contribution in [0, 0.1) is 0 Å². The van der Waals surface area contributed by atoms with Crippen molar-refractivity contribution in [1.29, 1.82) is 0 Å². The minimum Gasteiger partial charge on any atom is -0.314 e. The second kappa shape index (κ2) is 5.69. The molecular formula is C14H16BrN3S. The number of hydrogen-bond acceptors (Lipinski definition) is 3. The third kappa shape index (κ3) is 2.59.